The topological polar surface area (TPSA) is 85.7 Å². The summed E-state index contributed by atoms with van der Waals surface area (Å²) in [6, 6.07) is 5.53. The maximum Gasteiger partial charge on any atom is 0.355 e. The van der Waals surface area contributed by atoms with Gasteiger partial charge in [0.1, 0.15) is 5.69 Å². The van der Waals surface area contributed by atoms with Gasteiger partial charge in [-0.05, 0) is 52.3 Å². The van der Waals surface area contributed by atoms with Crippen molar-refractivity contribution < 1.29 is 22.7 Å². The number of carbonyl (C=O) groups excluding carboxylic acids is 2. The van der Waals surface area contributed by atoms with E-state index in [2.05, 4.69) is 0 Å². The molecule has 1 unspecified atom stereocenters. The molecule has 29 heavy (non-hydrogen) atoms. The lowest BCUT2D eigenvalue weighted by Crippen LogP contribution is -2.40. The van der Waals surface area contributed by atoms with E-state index >= 15 is 0 Å². The number of esters is 1. The Balaban J connectivity index is 2.43. The van der Waals surface area contributed by atoms with Crippen LogP contribution in [0.2, 0.25) is 0 Å². The fraction of sp³-hybridized carbons (Fsp3) is 0.429. The Kier molecular flexibility index (Phi) is 6.70. The number of aromatic nitrogens is 1. The minimum Gasteiger partial charge on any atom is -0.461 e. The Morgan fingerprint density at radius 2 is 1.69 bits per heavy atom. The van der Waals surface area contributed by atoms with Crippen molar-refractivity contribution in [2.75, 3.05) is 13.7 Å². The van der Waals surface area contributed by atoms with E-state index in [9.17, 15) is 18.0 Å². The van der Waals surface area contributed by atoms with Gasteiger partial charge in [-0.3, -0.25) is 4.79 Å². The third-order valence-corrected chi connectivity index (χ3v) is 7.21. The van der Waals surface area contributed by atoms with Gasteiger partial charge in [0.25, 0.3) is 0 Å². The van der Waals surface area contributed by atoms with Crippen LogP contribution in [0.5, 0.6) is 0 Å². The molecule has 0 amide bonds. The van der Waals surface area contributed by atoms with Crippen LogP contribution in [0.3, 0.4) is 0 Å². The summed E-state index contributed by atoms with van der Waals surface area (Å²) in [4.78, 5) is 25.6. The predicted octanol–water partition coefficient (Wildman–Crippen LogP) is 3.02. The molecule has 8 heteroatoms. The molecule has 0 radical (unpaired) electrons. The van der Waals surface area contributed by atoms with E-state index in [1.54, 1.807) is 51.4 Å². The van der Waals surface area contributed by atoms with Crippen molar-refractivity contribution >= 4 is 21.8 Å². The fourth-order valence-electron chi connectivity index (χ4n) is 3.29. The Labute approximate surface area is 172 Å². The molecule has 2 rings (SSSR count). The number of nitrogens with zero attached hydrogens (tertiary/aromatic N) is 2. The van der Waals surface area contributed by atoms with Crippen LogP contribution in [-0.2, 0) is 21.8 Å². The van der Waals surface area contributed by atoms with Crippen molar-refractivity contribution in [1.29, 1.82) is 0 Å². The Bertz CT molecular complexity index is 1040. The first-order valence-corrected chi connectivity index (χ1v) is 10.8. The summed E-state index contributed by atoms with van der Waals surface area (Å²) in [6.07, 6.45) is 0. The van der Waals surface area contributed by atoms with E-state index in [1.165, 1.54) is 19.2 Å². The minimum absolute atomic E-state index is 0.124. The van der Waals surface area contributed by atoms with Crippen molar-refractivity contribution in [3.63, 3.8) is 0 Å². The molecule has 0 saturated heterocycles. The highest BCUT2D eigenvalue weighted by atomic mass is 32.2. The molecule has 1 heterocycles. The SMILES string of the molecule is CCOC(=O)c1c(C)c(C(=O)C(C)N(C)S(=O)(=O)c2ccc(C)cc2)c(C)n1C. The zero-order valence-corrected chi connectivity index (χ0v) is 18.8. The molecule has 0 spiro atoms. The van der Waals surface area contributed by atoms with Gasteiger partial charge < -0.3 is 9.30 Å². The number of carbonyl (C=O) groups is 2. The summed E-state index contributed by atoms with van der Waals surface area (Å²) in [5, 5.41) is 0. The molecular weight excluding hydrogens is 392 g/mol. The smallest absolute Gasteiger partial charge is 0.355 e. The van der Waals surface area contributed by atoms with Gasteiger partial charge in [-0.2, -0.15) is 4.31 Å². The van der Waals surface area contributed by atoms with Crippen LogP contribution in [0.4, 0.5) is 0 Å². The standard InChI is InChI=1S/C21H28N2O5S/c1-8-28-21(25)19-14(3)18(15(4)22(19)6)20(24)16(5)23(7)29(26,27)17-11-9-13(2)10-12-17/h9-12,16H,8H2,1-7H3. The summed E-state index contributed by atoms with van der Waals surface area (Å²) in [6.45, 7) is 8.75. The first-order valence-electron chi connectivity index (χ1n) is 9.37. The minimum atomic E-state index is -3.85. The van der Waals surface area contributed by atoms with Gasteiger partial charge in [-0.1, -0.05) is 17.7 Å². The second-order valence-corrected chi connectivity index (χ2v) is 9.09. The number of sulfonamides is 1. The van der Waals surface area contributed by atoms with Crippen LogP contribution in [0.1, 0.15) is 51.5 Å². The summed E-state index contributed by atoms with van der Waals surface area (Å²) >= 11 is 0. The van der Waals surface area contributed by atoms with Gasteiger partial charge in [0.15, 0.2) is 5.78 Å². The van der Waals surface area contributed by atoms with Crippen molar-refractivity contribution in [2.45, 2.75) is 45.6 Å². The normalized spacial score (nSPS) is 12.8. The second kappa shape index (κ2) is 8.51. The van der Waals surface area contributed by atoms with E-state index < -0.39 is 22.0 Å². The molecule has 1 aromatic heterocycles. The molecule has 1 aromatic carbocycles. The number of likely N-dealkylation sites (N-methyl/N-ethyl adjacent to an activating group) is 1. The average molecular weight is 421 g/mol. The van der Waals surface area contributed by atoms with Gasteiger partial charge in [0.2, 0.25) is 10.0 Å². The van der Waals surface area contributed by atoms with Crippen molar-refractivity contribution in [3.8, 4) is 0 Å². The lowest BCUT2D eigenvalue weighted by molar-refractivity contribution is 0.0514. The predicted molar refractivity (Wildman–Crippen MR) is 111 cm³/mol. The quantitative estimate of drug-likeness (QED) is 0.508. The average Bonchev–Trinajstić information content (AvgIpc) is 2.89. The number of aryl methyl sites for hydroxylation is 1. The molecule has 0 aliphatic rings. The monoisotopic (exact) mass is 420 g/mol. The highest BCUT2D eigenvalue weighted by molar-refractivity contribution is 7.89. The number of ether oxygens (including phenoxy) is 1. The first kappa shape index (κ1) is 22.8. The number of benzene rings is 1. The highest BCUT2D eigenvalue weighted by Crippen LogP contribution is 2.26. The third kappa shape index (κ3) is 4.13. The van der Waals surface area contributed by atoms with Crippen LogP contribution in [0, 0.1) is 20.8 Å². The molecule has 7 nitrogen and oxygen atoms in total. The Morgan fingerprint density at radius 1 is 1.14 bits per heavy atom. The molecular formula is C21H28N2O5S. The molecule has 1 atom stereocenters. The number of ketones is 1. The van der Waals surface area contributed by atoms with Gasteiger partial charge in [-0.25, -0.2) is 13.2 Å². The van der Waals surface area contributed by atoms with E-state index in [4.69, 9.17) is 4.74 Å². The highest BCUT2D eigenvalue weighted by Gasteiger charge is 2.34. The lowest BCUT2D eigenvalue weighted by atomic mass is 10.0. The molecule has 0 fully saturated rings. The number of hydrogen-bond donors (Lipinski definition) is 0. The zero-order chi connectivity index (χ0) is 22.1. The van der Waals surface area contributed by atoms with Gasteiger partial charge in [0.05, 0.1) is 17.5 Å². The van der Waals surface area contributed by atoms with E-state index in [0.29, 0.717) is 22.5 Å². The third-order valence-electron chi connectivity index (χ3n) is 5.27. The molecule has 0 bridgehead atoms. The Morgan fingerprint density at radius 3 is 2.21 bits per heavy atom. The summed E-state index contributed by atoms with van der Waals surface area (Å²) in [5.41, 5.74) is 2.65. The largest absolute Gasteiger partial charge is 0.461 e. The fourth-order valence-corrected chi connectivity index (χ4v) is 4.61. The summed E-state index contributed by atoms with van der Waals surface area (Å²) in [7, 11) is -0.778. The molecule has 0 aliphatic carbocycles. The second-order valence-electron chi connectivity index (χ2n) is 7.09. The zero-order valence-electron chi connectivity index (χ0n) is 17.9. The Hall–Kier alpha value is -2.45. The van der Waals surface area contributed by atoms with Gasteiger partial charge in [-0.15, -0.1) is 0 Å². The van der Waals surface area contributed by atoms with Crippen LogP contribution in [0.25, 0.3) is 0 Å². The molecule has 2 aromatic rings. The molecule has 0 N–H and O–H groups in total. The van der Waals surface area contributed by atoms with Gasteiger partial charge >= 0.3 is 5.97 Å². The van der Waals surface area contributed by atoms with Crippen LogP contribution in [0.15, 0.2) is 29.2 Å². The van der Waals surface area contributed by atoms with Crippen LogP contribution >= 0.6 is 0 Å². The van der Waals surface area contributed by atoms with Crippen molar-refractivity contribution in [2.24, 2.45) is 7.05 Å². The first-order chi connectivity index (χ1) is 13.4. The van der Waals surface area contributed by atoms with Crippen molar-refractivity contribution in [1.82, 2.24) is 8.87 Å². The number of Topliss-reactive ketones (excluding diaryl/α,β-unsaturated/α-hetero) is 1. The van der Waals surface area contributed by atoms with Crippen molar-refractivity contribution in [3.05, 3.63) is 52.3 Å². The van der Waals surface area contributed by atoms with Crippen LogP contribution in [-0.4, -0.2) is 48.7 Å². The molecule has 0 aliphatic heterocycles. The molecule has 0 saturated carbocycles. The maximum atomic E-state index is 13.2. The summed E-state index contributed by atoms with van der Waals surface area (Å²) < 4.78 is 33.7. The maximum absolute atomic E-state index is 13.2. The van der Waals surface area contributed by atoms with E-state index in [1.807, 2.05) is 6.92 Å². The molecule has 158 valence electrons. The number of rotatable bonds is 7. The number of hydrogen-bond acceptors (Lipinski definition) is 5. The van der Waals surface area contributed by atoms with E-state index in [-0.39, 0.29) is 17.3 Å². The summed E-state index contributed by atoms with van der Waals surface area (Å²) in [5.74, 6) is -0.882. The van der Waals surface area contributed by atoms with Gasteiger partial charge in [0, 0.05) is 25.4 Å². The van der Waals surface area contributed by atoms with Crippen LogP contribution < -0.4 is 0 Å². The lowest BCUT2D eigenvalue weighted by Gasteiger charge is -2.23. The van der Waals surface area contributed by atoms with E-state index in [0.717, 1.165) is 9.87 Å².